The Bertz CT molecular complexity index is 854. The number of aromatic nitrogens is 1. The van der Waals surface area contributed by atoms with Gasteiger partial charge in [-0.15, -0.1) is 11.3 Å². The number of hydrogen-bond donors (Lipinski definition) is 1. The van der Waals surface area contributed by atoms with Gasteiger partial charge in [-0.25, -0.2) is 4.98 Å². The van der Waals surface area contributed by atoms with Gasteiger partial charge in [-0.1, -0.05) is 12.1 Å². The van der Waals surface area contributed by atoms with Gasteiger partial charge in [-0.3, -0.25) is 4.79 Å². The molecule has 0 bridgehead atoms. The Kier molecular flexibility index (Phi) is 4.55. The summed E-state index contributed by atoms with van der Waals surface area (Å²) in [6.45, 7) is 0.773. The maximum Gasteiger partial charge on any atom is 0.227 e. The summed E-state index contributed by atoms with van der Waals surface area (Å²) in [7, 11) is 0. The molecule has 3 rings (SSSR count). The Morgan fingerprint density at radius 3 is 2.67 bits per heavy atom. The molecule has 1 aliphatic rings. The number of thiazole rings is 1. The van der Waals surface area contributed by atoms with Crippen LogP contribution in [0.1, 0.15) is 12.8 Å². The number of carbonyl (C=O) groups is 1. The molecule has 1 fully saturated rings. The smallest absolute Gasteiger partial charge is 0.227 e. The summed E-state index contributed by atoms with van der Waals surface area (Å²) in [4.78, 5) is 18.0. The van der Waals surface area contributed by atoms with Crippen molar-refractivity contribution in [2.24, 2.45) is 0 Å². The maximum atomic E-state index is 11.8. The molecule has 0 atom stereocenters. The number of nitrogens with one attached hydrogen (secondary N) is 1. The van der Waals surface area contributed by atoms with E-state index >= 15 is 0 Å². The Morgan fingerprint density at radius 2 is 2.04 bits per heavy atom. The molecule has 118 valence electrons. The van der Waals surface area contributed by atoms with E-state index in [2.05, 4.69) is 10.3 Å². The lowest BCUT2D eigenvalue weighted by atomic mass is 10.1. The Labute approximate surface area is 143 Å². The molecule has 2 heterocycles. The van der Waals surface area contributed by atoms with E-state index in [9.17, 15) is 4.79 Å². The van der Waals surface area contributed by atoms with Crippen molar-refractivity contribution in [2.45, 2.75) is 12.8 Å². The summed E-state index contributed by atoms with van der Waals surface area (Å²) in [5.74, 6) is 0.167. The maximum absolute atomic E-state index is 11.8. The molecular weight excluding hydrogens is 322 g/mol. The van der Waals surface area contributed by atoms with Gasteiger partial charge < -0.3 is 10.2 Å². The van der Waals surface area contributed by atoms with E-state index in [4.69, 9.17) is 10.5 Å². The first-order chi connectivity index (χ1) is 11.7. The summed E-state index contributed by atoms with van der Waals surface area (Å²) in [5.41, 5.74) is 2.64. The largest absolute Gasteiger partial charge is 0.336 e. The van der Waals surface area contributed by atoms with Gasteiger partial charge >= 0.3 is 0 Å². The van der Waals surface area contributed by atoms with Crippen LogP contribution in [0, 0.1) is 22.7 Å². The van der Waals surface area contributed by atoms with Crippen molar-refractivity contribution in [1.82, 2.24) is 4.98 Å². The van der Waals surface area contributed by atoms with E-state index in [1.54, 1.807) is 17.0 Å². The lowest BCUT2D eigenvalue weighted by molar-refractivity contribution is -0.117. The number of allylic oxidation sites excluding steroid dienone is 1. The number of rotatable bonds is 4. The molecular formula is C17H13N5OS. The number of anilines is 2. The predicted molar refractivity (Wildman–Crippen MR) is 92.1 cm³/mol. The summed E-state index contributed by atoms with van der Waals surface area (Å²) in [6, 6.07) is 11.3. The first-order valence-corrected chi connectivity index (χ1v) is 8.22. The lowest BCUT2D eigenvalue weighted by Crippen LogP contribution is -2.23. The van der Waals surface area contributed by atoms with Crippen molar-refractivity contribution in [3.8, 4) is 23.4 Å². The SMILES string of the molecule is N#CC(C#N)=CNc1nc(-c2ccc(N3CCCC3=O)cc2)cs1. The molecule has 1 aliphatic heterocycles. The van der Waals surface area contributed by atoms with Crippen LogP contribution in [0.2, 0.25) is 0 Å². The van der Waals surface area contributed by atoms with Crippen molar-refractivity contribution >= 4 is 28.1 Å². The molecule has 24 heavy (non-hydrogen) atoms. The van der Waals surface area contributed by atoms with Crippen molar-refractivity contribution < 1.29 is 4.79 Å². The Hall–Kier alpha value is -3.16. The topological polar surface area (TPSA) is 92.8 Å². The molecule has 1 N–H and O–H groups in total. The van der Waals surface area contributed by atoms with Crippen molar-refractivity contribution in [1.29, 1.82) is 10.5 Å². The number of benzene rings is 1. The first-order valence-electron chi connectivity index (χ1n) is 7.34. The van der Waals surface area contributed by atoms with E-state index in [1.165, 1.54) is 17.5 Å². The summed E-state index contributed by atoms with van der Waals surface area (Å²) in [5, 5.41) is 22.7. The number of carbonyl (C=O) groups excluding carboxylic acids is 1. The number of nitriles is 2. The van der Waals surface area contributed by atoms with E-state index in [0.29, 0.717) is 11.6 Å². The number of nitrogens with zero attached hydrogens (tertiary/aromatic N) is 4. The van der Waals surface area contributed by atoms with E-state index in [0.717, 1.165) is 29.9 Å². The number of amides is 1. The fourth-order valence-corrected chi connectivity index (χ4v) is 3.12. The minimum absolute atomic E-state index is 0.00798. The molecule has 0 aliphatic carbocycles. The van der Waals surface area contributed by atoms with Crippen molar-refractivity contribution in [3.05, 3.63) is 41.4 Å². The van der Waals surface area contributed by atoms with E-state index in [1.807, 2.05) is 29.6 Å². The molecule has 1 aromatic carbocycles. The zero-order chi connectivity index (χ0) is 16.9. The van der Waals surface area contributed by atoms with Gasteiger partial charge in [-0.05, 0) is 18.6 Å². The third kappa shape index (κ3) is 3.27. The highest BCUT2D eigenvalue weighted by molar-refractivity contribution is 7.14. The second kappa shape index (κ2) is 6.95. The van der Waals surface area contributed by atoms with Gasteiger partial charge in [0.05, 0.1) is 5.69 Å². The fourth-order valence-electron chi connectivity index (χ4n) is 2.43. The Balaban J connectivity index is 1.74. The molecule has 1 aromatic heterocycles. The van der Waals surface area contributed by atoms with Gasteiger partial charge in [0.25, 0.3) is 0 Å². The number of hydrogen-bond acceptors (Lipinski definition) is 6. The zero-order valence-corrected chi connectivity index (χ0v) is 13.5. The first kappa shape index (κ1) is 15.7. The second-order valence-corrected chi connectivity index (χ2v) is 6.02. The average Bonchev–Trinajstić information content (AvgIpc) is 3.25. The minimum atomic E-state index is -0.00798. The van der Waals surface area contributed by atoms with Gasteiger partial charge in [0.2, 0.25) is 5.91 Å². The molecule has 0 unspecified atom stereocenters. The van der Waals surface area contributed by atoms with Crippen LogP contribution in [0.15, 0.2) is 41.4 Å². The highest BCUT2D eigenvalue weighted by Crippen LogP contribution is 2.28. The average molecular weight is 335 g/mol. The van der Waals surface area contributed by atoms with E-state index < -0.39 is 0 Å². The van der Waals surface area contributed by atoms with Crippen LogP contribution in [-0.4, -0.2) is 17.4 Å². The van der Waals surface area contributed by atoms with Crippen molar-refractivity contribution in [2.75, 3.05) is 16.8 Å². The molecule has 0 saturated carbocycles. The van der Waals surface area contributed by atoms with Crippen LogP contribution < -0.4 is 10.2 Å². The van der Waals surface area contributed by atoms with Crippen LogP contribution in [-0.2, 0) is 4.79 Å². The van der Waals surface area contributed by atoms with Gasteiger partial charge in [0.1, 0.15) is 17.7 Å². The fraction of sp³-hybridized carbons (Fsp3) is 0.176. The minimum Gasteiger partial charge on any atom is -0.336 e. The molecule has 2 aromatic rings. The normalized spacial score (nSPS) is 13.2. The highest BCUT2D eigenvalue weighted by Gasteiger charge is 2.21. The quantitative estimate of drug-likeness (QED) is 0.866. The summed E-state index contributed by atoms with van der Waals surface area (Å²) < 4.78 is 0. The second-order valence-electron chi connectivity index (χ2n) is 5.16. The monoisotopic (exact) mass is 335 g/mol. The molecule has 0 radical (unpaired) electrons. The highest BCUT2D eigenvalue weighted by atomic mass is 32.1. The van der Waals surface area contributed by atoms with Crippen LogP contribution in [0.5, 0.6) is 0 Å². The van der Waals surface area contributed by atoms with E-state index in [-0.39, 0.29) is 11.5 Å². The standard InChI is InChI=1S/C17H13N5OS/c18-8-12(9-19)10-20-17-21-15(11-24-17)13-3-5-14(6-4-13)22-7-1-2-16(22)23/h3-6,10-11H,1-2,7H2,(H,20,21). The summed E-state index contributed by atoms with van der Waals surface area (Å²) in [6.07, 6.45) is 2.86. The van der Waals surface area contributed by atoms with Gasteiger partial charge in [0.15, 0.2) is 5.13 Å². The van der Waals surface area contributed by atoms with Gasteiger partial charge in [-0.2, -0.15) is 10.5 Å². The van der Waals surface area contributed by atoms with Gasteiger partial charge in [0, 0.05) is 35.8 Å². The van der Waals surface area contributed by atoms with Crippen LogP contribution in [0.4, 0.5) is 10.8 Å². The molecule has 6 nitrogen and oxygen atoms in total. The zero-order valence-electron chi connectivity index (χ0n) is 12.7. The molecule has 1 saturated heterocycles. The third-order valence-corrected chi connectivity index (χ3v) is 4.41. The van der Waals surface area contributed by atoms with Crippen LogP contribution in [0.25, 0.3) is 11.3 Å². The van der Waals surface area contributed by atoms with Crippen LogP contribution in [0.3, 0.4) is 0 Å². The molecule has 0 spiro atoms. The van der Waals surface area contributed by atoms with Crippen molar-refractivity contribution in [3.63, 3.8) is 0 Å². The lowest BCUT2D eigenvalue weighted by Gasteiger charge is -2.15. The van der Waals surface area contributed by atoms with Crippen LogP contribution >= 0.6 is 11.3 Å². The molecule has 7 heteroatoms. The molecule has 1 amide bonds. The Morgan fingerprint density at radius 1 is 1.29 bits per heavy atom. The third-order valence-electron chi connectivity index (χ3n) is 3.63. The predicted octanol–water partition coefficient (Wildman–Crippen LogP) is 3.28. The summed E-state index contributed by atoms with van der Waals surface area (Å²) >= 11 is 1.39.